The summed E-state index contributed by atoms with van der Waals surface area (Å²) in [6.45, 7) is 0. The molecule has 0 N–H and O–H groups in total. The monoisotopic (exact) mass is 261 g/mol. The Kier molecular flexibility index (Phi) is 3.62. The lowest BCUT2D eigenvalue weighted by Gasteiger charge is -2.11. The highest BCUT2D eigenvalue weighted by molar-refractivity contribution is 7.07. The lowest BCUT2D eigenvalue weighted by Crippen LogP contribution is -2.13. The average Bonchev–Trinajstić information content (AvgIpc) is 2.75. The highest BCUT2D eigenvalue weighted by atomic mass is 32.1. The van der Waals surface area contributed by atoms with Crippen LogP contribution in [0.25, 0.3) is 0 Å². The van der Waals surface area contributed by atoms with Crippen LogP contribution in [-0.4, -0.2) is 24.6 Å². The summed E-state index contributed by atoms with van der Waals surface area (Å²) in [7, 11) is 5.80. The van der Waals surface area contributed by atoms with E-state index >= 15 is 0 Å². The van der Waals surface area contributed by atoms with Gasteiger partial charge in [-0.15, -0.1) is 11.3 Å². The van der Waals surface area contributed by atoms with E-state index in [1.54, 1.807) is 12.1 Å². The zero-order valence-corrected chi connectivity index (χ0v) is 11.4. The van der Waals surface area contributed by atoms with E-state index in [1.807, 2.05) is 54.3 Å². The van der Waals surface area contributed by atoms with Gasteiger partial charge in [0.15, 0.2) is 4.80 Å². The van der Waals surface area contributed by atoms with Crippen molar-refractivity contribution in [1.82, 2.24) is 4.57 Å². The van der Waals surface area contributed by atoms with Gasteiger partial charge in [0.1, 0.15) is 0 Å². The van der Waals surface area contributed by atoms with Crippen molar-refractivity contribution >= 4 is 22.9 Å². The van der Waals surface area contributed by atoms with Crippen LogP contribution in [0, 0.1) is 0 Å². The summed E-state index contributed by atoms with van der Waals surface area (Å²) in [5.74, 6) is -0.210. The molecule has 0 unspecified atom stereocenters. The molecule has 94 valence electrons. The fraction of sp³-hybridized carbons (Fsp3) is 0.231. The summed E-state index contributed by atoms with van der Waals surface area (Å²) < 4.78 is 1.83. The van der Waals surface area contributed by atoms with E-state index < -0.39 is 0 Å². The van der Waals surface area contributed by atoms with E-state index in [4.69, 9.17) is 0 Å². The van der Waals surface area contributed by atoms with Crippen molar-refractivity contribution in [2.24, 2.45) is 12.0 Å². The molecule has 2 rings (SSSR count). The zero-order valence-electron chi connectivity index (χ0n) is 10.6. The van der Waals surface area contributed by atoms with Crippen LogP contribution in [0.1, 0.15) is 10.4 Å². The molecule has 4 nitrogen and oxygen atoms in total. The van der Waals surface area contributed by atoms with Crippen molar-refractivity contribution in [3.05, 3.63) is 46.2 Å². The normalized spacial score (nSPS) is 11.6. The molecule has 1 aromatic carbocycles. The van der Waals surface area contributed by atoms with Gasteiger partial charge in [0.25, 0.3) is 5.91 Å². The molecule has 0 spiro atoms. The molecule has 0 radical (unpaired) electrons. The summed E-state index contributed by atoms with van der Waals surface area (Å²) >= 11 is 1.45. The van der Waals surface area contributed by atoms with Crippen LogP contribution in [0.4, 0.5) is 5.69 Å². The number of aryl methyl sites for hydroxylation is 1. The molecule has 0 fully saturated rings. The number of benzene rings is 1. The molecule has 0 aliphatic heterocycles. The van der Waals surface area contributed by atoms with Crippen LogP contribution in [0.2, 0.25) is 0 Å². The second-order valence-corrected chi connectivity index (χ2v) is 5.03. The van der Waals surface area contributed by atoms with Crippen molar-refractivity contribution in [2.45, 2.75) is 0 Å². The number of hydrogen-bond donors (Lipinski definition) is 0. The highest BCUT2D eigenvalue weighted by Gasteiger charge is 2.04. The van der Waals surface area contributed by atoms with Crippen LogP contribution in [-0.2, 0) is 7.05 Å². The molecular weight excluding hydrogens is 246 g/mol. The van der Waals surface area contributed by atoms with Gasteiger partial charge in [-0.3, -0.25) is 4.79 Å². The molecule has 1 amide bonds. The molecule has 0 aliphatic rings. The second kappa shape index (κ2) is 5.18. The second-order valence-electron chi connectivity index (χ2n) is 4.15. The molecule has 0 bridgehead atoms. The molecule has 0 atom stereocenters. The van der Waals surface area contributed by atoms with Gasteiger partial charge in [-0.1, -0.05) is 0 Å². The van der Waals surface area contributed by atoms with Crippen molar-refractivity contribution in [3.63, 3.8) is 0 Å². The van der Waals surface area contributed by atoms with Gasteiger partial charge in [0.2, 0.25) is 0 Å². The Labute approximate surface area is 110 Å². The van der Waals surface area contributed by atoms with Gasteiger partial charge in [0, 0.05) is 44.0 Å². The molecule has 18 heavy (non-hydrogen) atoms. The maximum Gasteiger partial charge on any atom is 0.279 e. The van der Waals surface area contributed by atoms with Crippen LogP contribution in [0.5, 0.6) is 0 Å². The number of aromatic nitrogens is 1. The predicted molar refractivity (Wildman–Crippen MR) is 74.0 cm³/mol. The first-order chi connectivity index (χ1) is 8.58. The first kappa shape index (κ1) is 12.6. The number of thiazole rings is 1. The van der Waals surface area contributed by atoms with E-state index in [0.29, 0.717) is 10.4 Å². The number of nitrogens with zero attached hydrogens (tertiary/aromatic N) is 3. The SMILES string of the molecule is CN(C)c1ccc(C(=O)N=c2sccn2C)cc1. The highest BCUT2D eigenvalue weighted by Crippen LogP contribution is 2.12. The Balaban J connectivity index is 2.28. The van der Waals surface area contributed by atoms with E-state index in [0.717, 1.165) is 5.69 Å². The summed E-state index contributed by atoms with van der Waals surface area (Å²) in [5.41, 5.74) is 1.67. The maximum atomic E-state index is 12.0. The summed E-state index contributed by atoms with van der Waals surface area (Å²) in [5, 5.41) is 1.90. The summed E-state index contributed by atoms with van der Waals surface area (Å²) in [4.78, 5) is 18.7. The van der Waals surface area contributed by atoms with Gasteiger partial charge in [-0.05, 0) is 24.3 Å². The first-order valence-electron chi connectivity index (χ1n) is 5.54. The maximum absolute atomic E-state index is 12.0. The van der Waals surface area contributed by atoms with Gasteiger partial charge < -0.3 is 9.47 Å². The lowest BCUT2D eigenvalue weighted by molar-refractivity contribution is 0.0998. The predicted octanol–water partition coefficient (Wildman–Crippen LogP) is 1.89. The van der Waals surface area contributed by atoms with Gasteiger partial charge >= 0.3 is 0 Å². The number of carbonyl (C=O) groups excluding carboxylic acids is 1. The molecule has 0 aliphatic carbocycles. The number of hydrogen-bond acceptors (Lipinski definition) is 3. The molecule has 1 heterocycles. The van der Waals surface area contributed by atoms with E-state index in [9.17, 15) is 4.79 Å². The van der Waals surface area contributed by atoms with Crippen molar-refractivity contribution in [3.8, 4) is 0 Å². The fourth-order valence-corrected chi connectivity index (χ4v) is 2.22. The molecule has 0 saturated heterocycles. The molecule has 2 aromatic rings. The number of rotatable bonds is 2. The minimum Gasteiger partial charge on any atom is -0.378 e. The smallest absolute Gasteiger partial charge is 0.279 e. The lowest BCUT2D eigenvalue weighted by atomic mass is 10.2. The van der Waals surface area contributed by atoms with Crippen molar-refractivity contribution in [2.75, 3.05) is 19.0 Å². The third-order valence-corrected chi connectivity index (χ3v) is 3.44. The quantitative estimate of drug-likeness (QED) is 0.828. The zero-order chi connectivity index (χ0) is 13.1. The summed E-state index contributed by atoms with van der Waals surface area (Å²) in [6, 6.07) is 7.43. The molecule has 0 saturated carbocycles. The Morgan fingerprint density at radius 3 is 2.44 bits per heavy atom. The Bertz CT molecular complexity index is 608. The topological polar surface area (TPSA) is 37.6 Å². The van der Waals surface area contributed by atoms with Crippen molar-refractivity contribution in [1.29, 1.82) is 0 Å². The molecule has 1 aromatic heterocycles. The molecule has 5 heteroatoms. The van der Waals surface area contributed by atoms with Crippen LogP contribution < -0.4 is 9.70 Å². The Hall–Kier alpha value is -1.88. The minimum absolute atomic E-state index is 0.210. The number of carbonyl (C=O) groups is 1. The third-order valence-electron chi connectivity index (χ3n) is 2.59. The van der Waals surface area contributed by atoms with Crippen LogP contribution in [0.15, 0.2) is 40.8 Å². The van der Waals surface area contributed by atoms with Gasteiger partial charge in [-0.2, -0.15) is 4.99 Å². The van der Waals surface area contributed by atoms with E-state index in [2.05, 4.69) is 4.99 Å². The van der Waals surface area contributed by atoms with Gasteiger partial charge in [0.05, 0.1) is 0 Å². The number of anilines is 1. The van der Waals surface area contributed by atoms with E-state index in [1.165, 1.54) is 11.3 Å². The standard InChI is InChI=1S/C13H15N3OS/c1-15(2)11-6-4-10(5-7-11)12(17)14-13-16(3)8-9-18-13/h4-9H,1-3H3. The Morgan fingerprint density at radius 2 is 1.94 bits per heavy atom. The van der Waals surface area contributed by atoms with Crippen LogP contribution in [0.3, 0.4) is 0 Å². The Morgan fingerprint density at radius 1 is 1.28 bits per heavy atom. The van der Waals surface area contributed by atoms with Crippen LogP contribution >= 0.6 is 11.3 Å². The average molecular weight is 261 g/mol. The summed E-state index contributed by atoms with van der Waals surface area (Å²) in [6.07, 6.45) is 1.88. The minimum atomic E-state index is -0.210. The molecular formula is C13H15N3OS. The largest absolute Gasteiger partial charge is 0.378 e. The van der Waals surface area contributed by atoms with E-state index in [-0.39, 0.29) is 5.91 Å². The first-order valence-corrected chi connectivity index (χ1v) is 6.42. The van der Waals surface area contributed by atoms with Gasteiger partial charge in [-0.25, -0.2) is 0 Å². The number of amides is 1. The fourth-order valence-electron chi connectivity index (χ4n) is 1.49. The third kappa shape index (κ3) is 2.68. The van der Waals surface area contributed by atoms with Crippen molar-refractivity contribution < 1.29 is 4.79 Å².